The normalized spacial score (nSPS) is 14.2. The highest BCUT2D eigenvalue weighted by molar-refractivity contribution is 6.31. The Balaban J connectivity index is 1.67. The van der Waals surface area contributed by atoms with Crippen molar-refractivity contribution in [3.63, 3.8) is 0 Å². The summed E-state index contributed by atoms with van der Waals surface area (Å²) in [7, 11) is 1.52. The number of halogens is 1. The Bertz CT molecular complexity index is 748. The molecule has 1 N–H and O–H groups in total. The number of amides is 1. The molecule has 0 aliphatic carbocycles. The molecule has 1 aliphatic rings. The fraction of sp³-hybridized carbons (Fsp3) is 0.389. The number of anilines is 1. The zero-order chi connectivity index (χ0) is 17.6. The lowest BCUT2D eigenvalue weighted by atomic mass is 10.1. The van der Waals surface area contributed by atoms with E-state index in [1.807, 2.05) is 6.07 Å². The number of benzene rings is 1. The van der Waals surface area contributed by atoms with E-state index in [0.717, 1.165) is 24.7 Å². The highest BCUT2D eigenvalue weighted by atomic mass is 35.5. The number of methoxy groups -OCH3 is 1. The molecule has 0 radical (unpaired) electrons. The van der Waals surface area contributed by atoms with Gasteiger partial charge in [0.1, 0.15) is 5.75 Å². The average Bonchev–Trinajstić information content (AvgIpc) is 2.67. The molecule has 0 unspecified atom stereocenters. The fourth-order valence-corrected chi connectivity index (χ4v) is 3.03. The third-order valence-corrected chi connectivity index (χ3v) is 4.41. The topological polar surface area (TPSA) is 67.3 Å². The van der Waals surface area contributed by atoms with E-state index >= 15 is 0 Å². The molecular formula is C18H21ClN4O2. The van der Waals surface area contributed by atoms with Crippen LogP contribution in [-0.4, -0.2) is 36.1 Å². The quantitative estimate of drug-likeness (QED) is 0.887. The molecule has 0 spiro atoms. The first-order chi connectivity index (χ1) is 12.2. The van der Waals surface area contributed by atoms with Crippen LogP contribution in [0.4, 0.5) is 5.95 Å². The van der Waals surface area contributed by atoms with Crippen molar-refractivity contribution >= 4 is 23.5 Å². The van der Waals surface area contributed by atoms with Gasteiger partial charge in [0.2, 0.25) is 5.95 Å². The summed E-state index contributed by atoms with van der Waals surface area (Å²) < 4.78 is 5.22. The third-order valence-electron chi connectivity index (χ3n) is 4.18. The van der Waals surface area contributed by atoms with E-state index in [2.05, 4.69) is 20.2 Å². The van der Waals surface area contributed by atoms with Crippen molar-refractivity contribution < 1.29 is 9.53 Å². The van der Waals surface area contributed by atoms with Gasteiger partial charge in [-0.15, -0.1) is 0 Å². The van der Waals surface area contributed by atoms with Crippen LogP contribution >= 0.6 is 11.6 Å². The van der Waals surface area contributed by atoms with Crippen molar-refractivity contribution in [2.75, 3.05) is 25.1 Å². The molecular weight excluding hydrogens is 340 g/mol. The van der Waals surface area contributed by atoms with Crippen molar-refractivity contribution in [3.05, 3.63) is 46.7 Å². The largest absolute Gasteiger partial charge is 0.496 e. The van der Waals surface area contributed by atoms with Gasteiger partial charge in [-0.05, 0) is 43.5 Å². The number of hydrogen-bond donors (Lipinski definition) is 1. The van der Waals surface area contributed by atoms with E-state index < -0.39 is 0 Å². The molecule has 3 rings (SSSR count). The SMILES string of the molecule is COc1ccc(Cl)cc1C(=O)NCc1ccnc(N2CCCCC2)n1. The van der Waals surface area contributed by atoms with Gasteiger partial charge in [0, 0.05) is 24.3 Å². The molecule has 0 atom stereocenters. The number of piperidine rings is 1. The third kappa shape index (κ3) is 4.39. The maximum atomic E-state index is 12.4. The molecule has 132 valence electrons. The van der Waals surface area contributed by atoms with E-state index in [1.165, 1.54) is 26.4 Å². The first-order valence-corrected chi connectivity index (χ1v) is 8.74. The molecule has 2 heterocycles. The van der Waals surface area contributed by atoms with Crippen LogP contribution in [0.25, 0.3) is 0 Å². The Morgan fingerprint density at radius 3 is 2.84 bits per heavy atom. The van der Waals surface area contributed by atoms with Gasteiger partial charge >= 0.3 is 0 Å². The van der Waals surface area contributed by atoms with Crippen molar-refractivity contribution in [3.8, 4) is 5.75 Å². The second kappa shape index (κ2) is 8.16. The first kappa shape index (κ1) is 17.5. The fourth-order valence-electron chi connectivity index (χ4n) is 2.85. The molecule has 7 heteroatoms. The summed E-state index contributed by atoms with van der Waals surface area (Å²) in [5.41, 5.74) is 1.17. The van der Waals surface area contributed by atoms with Gasteiger partial charge in [0.25, 0.3) is 5.91 Å². The highest BCUT2D eigenvalue weighted by Gasteiger charge is 2.15. The molecule has 1 aromatic heterocycles. The number of nitrogens with zero attached hydrogens (tertiary/aromatic N) is 3. The maximum Gasteiger partial charge on any atom is 0.255 e. The van der Waals surface area contributed by atoms with Crippen molar-refractivity contribution in [2.45, 2.75) is 25.8 Å². The van der Waals surface area contributed by atoms with Gasteiger partial charge in [-0.25, -0.2) is 9.97 Å². The Hall–Kier alpha value is -2.34. The van der Waals surface area contributed by atoms with Crippen molar-refractivity contribution in [2.24, 2.45) is 0 Å². The Morgan fingerprint density at radius 2 is 2.08 bits per heavy atom. The number of hydrogen-bond acceptors (Lipinski definition) is 5. The minimum atomic E-state index is -0.252. The van der Waals surface area contributed by atoms with Gasteiger partial charge in [-0.2, -0.15) is 0 Å². The second-order valence-electron chi connectivity index (χ2n) is 5.92. The number of nitrogens with one attached hydrogen (secondary N) is 1. The van der Waals surface area contributed by atoms with Crippen LogP contribution in [0.15, 0.2) is 30.5 Å². The van der Waals surface area contributed by atoms with Gasteiger partial charge in [-0.1, -0.05) is 11.6 Å². The molecule has 1 saturated heterocycles. The smallest absolute Gasteiger partial charge is 0.255 e. The van der Waals surface area contributed by atoms with Crippen LogP contribution in [0.2, 0.25) is 5.02 Å². The van der Waals surface area contributed by atoms with Crippen LogP contribution < -0.4 is 15.0 Å². The predicted octanol–water partition coefficient (Wildman–Crippen LogP) is 3.06. The first-order valence-electron chi connectivity index (χ1n) is 8.36. The molecule has 1 amide bonds. The number of ether oxygens (including phenoxy) is 1. The minimum Gasteiger partial charge on any atom is -0.496 e. The zero-order valence-electron chi connectivity index (χ0n) is 14.2. The number of carbonyl (C=O) groups is 1. The average molecular weight is 361 g/mol. The van der Waals surface area contributed by atoms with Gasteiger partial charge in [0.15, 0.2) is 0 Å². The zero-order valence-corrected chi connectivity index (χ0v) is 14.9. The summed E-state index contributed by atoms with van der Waals surface area (Å²) >= 11 is 5.98. The van der Waals surface area contributed by atoms with E-state index in [9.17, 15) is 4.79 Å². The number of carbonyl (C=O) groups excluding carboxylic acids is 1. The van der Waals surface area contributed by atoms with Gasteiger partial charge in [-0.3, -0.25) is 4.79 Å². The Morgan fingerprint density at radius 1 is 1.28 bits per heavy atom. The molecule has 0 saturated carbocycles. The summed E-state index contributed by atoms with van der Waals surface area (Å²) in [5.74, 6) is 0.961. The van der Waals surface area contributed by atoms with E-state index in [-0.39, 0.29) is 5.91 Å². The maximum absolute atomic E-state index is 12.4. The molecule has 6 nitrogen and oxygen atoms in total. The number of rotatable bonds is 5. The summed E-state index contributed by atoms with van der Waals surface area (Å²) in [6, 6.07) is 6.76. The van der Waals surface area contributed by atoms with Crippen LogP contribution in [0.1, 0.15) is 35.3 Å². The Kier molecular flexibility index (Phi) is 5.71. The van der Waals surface area contributed by atoms with Gasteiger partial charge in [0.05, 0.1) is 24.9 Å². The molecule has 25 heavy (non-hydrogen) atoms. The lowest BCUT2D eigenvalue weighted by Crippen LogP contribution is -2.31. The van der Waals surface area contributed by atoms with Crippen molar-refractivity contribution in [1.82, 2.24) is 15.3 Å². The van der Waals surface area contributed by atoms with Crippen LogP contribution in [0, 0.1) is 0 Å². The lowest BCUT2D eigenvalue weighted by molar-refractivity contribution is 0.0947. The van der Waals surface area contributed by atoms with Crippen LogP contribution in [0.3, 0.4) is 0 Å². The molecule has 1 aliphatic heterocycles. The molecule has 1 aromatic carbocycles. The number of aromatic nitrogens is 2. The summed E-state index contributed by atoms with van der Waals surface area (Å²) in [6.45, 7) is 2.28. The van der Waals surface area contributed by atoms with Gasteiger partial charge < -0.3 is 15.0 Å². The summed E-state index contributed by atoms with van der Waals surface area (Å²) in [4.78, 5) is 23.5. The van der Waals surface area contributed by atoms with Crippen molar-refractivity contribution in [1.29, 1.82) is 0 Å². The monoisotopic (exact) mass is 360 g/mol. The van der Waals surface area contributed by atoms with E-state index in [4.69, 9.17) is 16.3 Å². The molecule has 1 fully saturated rings. The van der Waals surface area contributed by atoms with E-state index in [0.29, 0.717) is 22.9 Å². The predicted molar refractivity (Wildman–Crippen MR) is 97.3 cm³/mol. The minimum absolute atomic E-state index is 0.252. The second-order valence-corrected chi connectivity index (χ2v) is 6.36. The van der Waals surface area contributed by atoms with Crippen LogP contribution in [0.5, 0.6) is 5.75 Å². The summed E-state index contributed by atoms with van der Waals surface area (Å²) in [5, 5.41) is 3.35. The summed E-state index contributed by atoms with van der Waals surface area (Å²) in [6.07, 6.45) is 5.32. The molecule has 2 aromatic rings. The van der Waals surface area contributed by atoms with Crippen LogP contribution in [-0.2, 0) is 6.54 Å². The van der Waals surface area contributed by atoms with E-state index in [1.54, 1.807) is 24.4 Å². The molecule has 0 bridgehead atoms. The Labute approximate surface area is 152 Å². The lowest BCUT2D eigenvalue weighted by Gasteiger charge is -2.26. The standard InChI is InChI=1S/C18H21ClN4O2/c1-25-16-6-5-13(19)11-15(16)17(24)21-12-14-7-8-20-18(22-14)23-9-3-2-4-10-23/h5-8,11H,2-4,9-10,12H2,1H3,(H,21,24). The highest BCUT2D eigenvalue weighted by Crippen LogP contribution is 2.22.